The molecule has 0 atom stereocenters. The van der Waals surface area contributed by atoms with E-state index in [0.717, 1.165) is 49.9 Å². The van der Waals surface area contributed by atoms with Crippen LogP contribution in [0.15, 0.2) is 144 Å². The number of benzene rings is 6. The molecule has 0 fully saturated rings. The number of nitrogens with zero attached hydrogens (tertiary/aromatic N) is 3. The molecule has 4 heterocycles. The van der Waals surface area contributed by atoms with Crippen LogP contribution in [0.25, 0.3) is 92.4 Å². The third-order valence-corrected chi connectivity index (χ3v) is 10.0. The van der Waals surface area contributed by atoms with Gasteiger partial charge in [0.05, 0.1) is 11.0 Å². The van der Waals surface area contributed by atoms with Crippen molar-refractivity contribution in [3.63, 3.8) is 0 Å². The van der Waals surface area contributed by atoms with Gasteiger partial charge in [0, 0.05) is 41.9 Å². The molecule has 0 aliphatic rings. The molecule has 0 amide bonds. The van der Waals surface area contributed by atoms with E-state index in [1.807, 2.05) is 35.6 Å². The molecule has 0 aliphatic heterocycles. The van der Waals surface area contributed by atoms with E-state index >= 15 is 0 Å². The maximum Gasteiger partial charge on any atom is 0.236 e. The first-order valence-electron chi connectivity index (χ1n) is 15.0. The van der Waals surface area contributed by atoms with Crippen molar-refractivity contribution in [3.05, 3.63) is 140 Å². The zero-order chi connectivity index (χ0) is 29.5. The van der Waals surface area contributed by atoms with Crippen LogP contribution >= 0.6 is 11.3 Å². The molecule has 210 valence electrons. The number of furan rings is 1. The molecule has 6 aromatic carbocycles. The summed E-state index contributed by atoms with van der Waals surface area (Å²) in [4.78, 5) is 10.6. The predicted octanol–water partition coefficient (Wildman–Crippen LogP) is 11.2. The fourth-order valence-corrected chi connectivity index (χ4v) is 8.06. The minimum atomic E-state index is 0.626. The van der Waals surface area contributed by atoms with Crippen LogP contribution in [0.4, 0.5) is 0 Å². The Labute approximate surface area is 261 Å². The van der Waals surface area contributed by atoms with Gasteiger partial charge in [-0.3, -0.25) is 4.57 Å². The van der Waals surface area contributed by atoms with Crippen molar-refractivity contribution in [3.8, 4) is 28.3 Å². The van der Waals surface area contributed by atoms with Crippen molar-refractivity contribution in [2.45, 2.75) is 0 Å². The molecule has 0 radical (unpaired) electrons. The average molecular weight is 594 g/mol. The van der Waals surface area contributed by atoms with Gasteiger partial charge in [0.15, 0.2) is 5.58 Å². The molecule has 5 heteroatoms. The minimum Gasteiger partial charge on any atom is -0.452 e. The highest BCUT2D eigenvalue weighted by molar-refractivity contribution is 7.26. The van der Waals surface area contributed by atoms with Gasteiger partial charge in [-0.25, -0.2) is 9.97 Å². The summed E-state index contributed by atoms with van der Waals surface area (Å²) >= 11 is 1.85. The van der Waals surface area contributed by atoms with Crippen molar-refractivity contribution in [2.24, 2.45) is 0 Å². The van der Waals surface area contributed by atoms with Gasteiger partial charge in [-0.2, -0.15) is 0 Å². The van der Waals surface area contributed by atoms with E-state index in [1.54, 1.807) is 0 Å². The Kier molecular flexibility index (Phi) is 5.12. The molecule has 45 heavy (non-hydrogen) atoms. The standard InChI is InChI=1S/C40H23N3OS/c1-2-11-24(12-3-1)25-13-10-14-26(23-25)36-38-37(30-17-5-8-19-33(30)44-38)42-40(41-36)43-31-18-7-4-16-29(31)35-32(43)22-21-28-27-15-6-9-20-34(27)45-39(28)35/h1-23H. The van der Waals surface area contributed by atoms with Crippen LogP contribution in [0.2, 0.25) is 0 Å². The Morgan fingerprint density at radius 2 is 1.27 bits per heavy atom. The van der Waals surface area contributed by atoms with E-state index in [0.29, 0.717) is 11.5 Å². The van der Waals surface area contributed by atoms with Crippen LogP contribution in [0.5, 0.6) is 0 Å². The Balaban J connectivity index is 1.31. The van der Waals surface area contributed by atoms with Crippen LogP contribution in [0.1, 0.15) is 0 Å². The van der Waals surface area contributed by atoms with Gasteiger partial charge in [0.25, 0.3) is 0 Å². The average Bonchev–Trinajstić information content (AvgIpc) is 3.78. The largest absolute Gasteiger partial charge is 0.452 e. The summed E-state index contributed by atoms with van der Waals surface area (Å²) in [7, 11) is 0. The lowest BCUT2D eigenvalue weighted by molar-refractivity contribution is 0.666. The molecule has 0 N–H and O–H groups in total. The van der Waals surface area contributed by atoms with Crippen LogP contribution in [-0.4, -0.2) is 14.5 Å². The lowest BCUT2D eigenvalue weighted by atomic mass is 10.0. The number of rotatable bonds is 3. The molecular formula is C40H23N3OS. The van der Waals surface area contributed by atoms with Crippen LogP contribution in [0, 0.1) is 0 Å². The second kappa shape index (κ2) is 9.36. The maximum absolute atomic E-state index is 6.49. The summed E-state index contributed by atoms with van der Waals surface area (Å²) in [5.74, 6) is 0.626. The number of fused-ring (bicyclic) bond motifs is 10. The SMILES string of the molecule is c1ccc(-c2cccc(-c3nc(-n4c5ccccc5c5c6sc7ccccc7c6ccc54)nc4c3oc3ccccc34)c2)cc1. The van der Waals surface area contributed by atoms with E-state index in [9.17, 15) is 0 Å². The molecule has 0 bridgehead atoms. The number of hydrogen-bond acceptors (Lipinski definition) is 4. The number of para-hydroxylation sites is 2. The Hall–Kier alpha value is -5.78. The van der Waals surface area contributed by atoms with E-state index in [1.165, 1.54) is 30.9 Å². The van der Waals surface area contributed by atoms with E-state index in [-0.39, 0.29) is 0 Å². The Morgan fingerprint density at radius 3 is 2.18 bits per heavy atom. The van der Waals surface area contributed by atoms with Crippen molar-refractivity contribution >= 4 is 75.4 Å². The van der Waals surface area contributed by atoms with Gasteiger partial charge in [0.2, 0.25) is 5.95 Å². The summed E-state index contributed by atoms with van der Waals surface area (Å²) in [6.07, 6.45) is 0. The van der Waals surface area contributed by atoms with Crippen LogP contribution in [-0.2, 0) is 0 Å². The Morgan fingerprint density at radius 1 is 0.533 bits per heavy atom. The molecule has 0 saturated heterocycles. The lowest BCUT2D eigenvalue weighted by Gasteiger charge is -2.10. The van der Waals surface area contributed by atoms with Gasteiger partial charge < -0.3 is 4.42 Å². The fraction of sp³-hybridized carbons (Fsp3) is 0. The van der Waals surface area contributed by atoms with Gasteiger partial charge in [-0.15, -0.1) is 11.3 Å². The quantitative estimate of drug-likeness (QED) is 0.205. The zero-order valence-corrected chi connectivity index (χ0v) is 24.8. The molecule has 0 unspecified atom stereocenters. The molecular weight excluding hydrogens is 571 g/mol. The second-order valence-corrected chi connectivity index (χ2v) is 12.4. The summed E-state index contributed by atoms with van der Waals surface area (Å²) in [6, 6.07) is 48.8. The highest BCUT2D eigenvalue weighted by Gasteiger charge is 2.22. The van der Waals surface area contributed by atoms with Gasteiger partial charge in [-0.05, 0) is 47.5 Å². The van der Waals surface area contributed by atoms with Gasteiger partial charge in [-0.1, -0.05) is 103 Å². The van der Waals surface area contributed by atoms with E-state index < -0.39 is 0 Å². The monoisotopic (exact) mass is 593 g/mol. The molecule has 4 nitrogen and oxygen atoms in total. The van der Waals surface area contributed by atoms with Crippen molar-refractivity contribution in [1.29, 1.82) is 0 Å². The van der Waals surface area contributed by atoms with Crippen molar-refractivity contribution in [2.75, 3.05) is 0 Å². The molecule has 10 rings (SSSR count). The summed E-state index contributed by atoms with van der Waals surface area (Å²) in [5, 5.41) is 5.97. The first-order chi connectivity index (χ1) is 22.3. The molecule has 4 aromatic heterocycles. The fourth-order valence-electron chi connectivity index (χ4n) is 6.80. The smallest absolute Gasteiger partial charge is 0.236 e. The third-order valence-electron chi connectivity index (χ3n) is 8.83. The van der Waals surface area contributed by atoms with Crippen LogP contribution in [0.3, 0.4) is 0 Å². The summed E-state index contributed by atoms with van der Waals surface area (Å²) in [6.45, 7) is 0. The lowest BCUT2D eigenvalue weighted by Crippen LogP contribution is -2.02. The Bertz CT molecular complexity index is 2770. The molecule has 0 saturated carbocycles. The molecule has 10 aromatic rings. The molecule has 0 aliphatic carbocycles. The number of hydrogen-bond donors (Lipinski definition) is 0. The predicted molar refractivity (Wildman–Crippen MR) is 187 cm³/mol. The van der Waals surface area contributed by atoms with E-state index in [2.05, 4.69) is 120 Å². The summed E-state index contributed by atoms with van der Waals surface area (Å²) in [5.41, 5.74) is 8.51. The van der Waals surface area contributed by atoms with Crippen LogP contribution < -0.4 is 0 Å². The normalized spacial score (nSPS) is 12.0. The zero-order valence-electron chi connectivity index (χ0n) is 23.9. The van der Waals surface area contributed by atoms with Gasteiger partial charge >= 0.3 is 0 Å². The summed E-state index contributed by atoms with van der Waals surface area (Å²) < 4.78 is 11.3. The first-order valence-corrected chi connectivity index (χ1v) is 15.8. The second-order valence-electron chi connectivity index (χ2n) is 11.4. The highest BCUT2D eigenvalue weighted by Crippen LogP contribution is 2.43. The van der Waals surface area contributed by atoms with E-state index in [4.69, 9.17) is 14.4 Å². The number of thiophene rings is 1. The maximum atomic E-state index is 6.49. The topological polar surface area (TPSA) is 43.9 Å². The van der Waals surface area contributed by atoms with Gasteiger partial charge in [0.1, 0.15) is 16.8 Å². The first kappa shape index (κ1) is 24.6. The molecule has 0 spiro atoms. The third kappa shape index (κ3) is 3.59. The minimum absolute atomic E-state index is 0.626. The number of aromatic nitrogens is 3. The van der Waals surface area contributed by atoms with Crippen molar-refractivity contribution in [1.82, 2.24) is 14.5 Å². The highest BCUT2D eigenvalue weighted by atomic mass is 32.1. The van der Waals surface area contributed by atoms with Crippen molar-refractivity contribution < 1.29 is 4.42 Å².